The van der Waals surface area contributed by atoms with E-state index in [1.165, 1.54) is 0 Å². The fraction of sp³-hybridized carbons (Fsp3) is 0.562. The van der Waals surface area contributed by atoms with E-state index in [1.807, 2.05) is 24.3 Å². The van der Waals surface area contributed by atoms with Crippen LogP contribution in [0.5, 0.6) is 0 Å². The summed E-state index contributed by atoms with van der Waals surface area (Å²) < 4.78 is 6.06. The molecule has 1 saturated heterocycles. The van der Waals surface area contributed by atoms with E-state index < -0.39 is 5.54 Å². The summed E-state index contributed by atoms with van der Waals surface area (Å²) in [5, 5.41) is 3.08. The van der Waals surface area contributed by atoms with Crippen LogP contribution in [-0.4, -0.2) is 50.2 Å². The number of carbonyl (C=O) groups is 1. The highest BCUT2D eigenvalue weighted by Gasteiger charge is 2.33. The molecule has 1 aromatic rings. The van der Waals surface area contributed by atoms with E-state index in [-0.39, 0.29) is 36.8 Å². The number of amides is 1. The van der Waals surface area contributed by atoms with Crippen LogP contribution >= 0.6 is 40.7 Å². The first-order valence-corrected chi connectivity index (χ1v) is 8.30. The lowest BCUT2D eigenvalue weighted by molar-refractivity contribution is -0.126. The zero-order valence-corrected chi connectivity index (χ0v) is 17.2. The number of hydrogen-bond donors (Lipinski definition) is 2. The molecule has 1 heterocycles. The molecular weight excluding hydrogens is 417 g/mol. The molecule has 2 rings (SSSR count). The molecule has 2 unspecified atom stereocenters. The van der Waals surface area contributed by atoms with Gasteiger partial charge in [-0.1, -0.05) is 28.1 Å². The van der Waals surface area contributed by atoms with Gasteiger partial charge < -0.3 is 15.8 Å². The average molecular weight is 443 g/mol. The number of nitrogens with zero attached hydrogens (tertiary/aromatic N) is 1. The van der Waals surface area contributed by atoms with Crippen molar-refractivity contribution < 1.29 is 9.53 Å². The van der Waals surface area contributed by atoms with E-state index >= 15 is 0 Å². The molecule has 3 N–H and O–H groups in total. The van der Waals surface area contributed by atoms with Gasteiger partial charge in [0, 0.05) is 37.3 Å². The lowest BCUT2D eigenvalue weighted by Gasteiger charge is -2.26. The minimum atomic E-state index is -1.03. The highest BCUT2D eigenvalue weighted by Crippen LogP contribution is 2.21. The monoisotopic (exact) mass is 441 g/mol. The standard InChI is InChI=1S/C16H24BrN3O2.2ClH/c1-16(18,12-3-5-13(17)6-4-12)15(21)19-14-7-8-20(11-14)9-10-22-2;;/h3-6,14H,7-11,18H2,1-2H3,(H,19,21);2*1H. The van der Waals surface area contributed by atoms with Crippen molar-refractivity contribution in [1.29, 1.82) is 0 Å². The Labute approximate surface area is 164 Å². The van der Waals surface area contributed by atoms with Crippen LogP contribution in [0.4, 0.5) is 0 Å². The molecule has 2 atom stereocenters. The van der Waals surface area contributed by atoms with Gasteiger partial charge in [0.2, 0.25) is 5.91 Å². The van der Waals surface area contributed by atoms with E-state index in [0.717, 1.165) is 36.1 Å². The Hall–Kier alpha value is -0.370. The van der Waals surface area contributed by atoms with E-state index in [4.69, 9.17) is 10.5 Å². The third-order valence-corrected chi connectivity index (χ3v) is 4.66. The summed E-state index contributed by atoms with van der Waals surface area (Å²) in [5.74, 6) is -0.131. The second-order valence-electron chi connectivity index (χ2n) is 5.96. The number of nitrogens with one attached hydrogen (secondary N) is 1. The van der Waals surface area contributed by atoms with Crippen molar-refractivity contribution >= 4 is 46.7 Å². The first-order valence-electron chi connectivity index (χ1n) is 7.50. The predicted octanol–water partition coefficient (Wildman–Crippen LogP) is 2.30. The van der Waals surface area contributed by atoms with E-state index in [0.29, 0.717) is 6.61 Å². The van der Waals surface area contributed by atoms with E-state index in [2.05, 4.69) is 26.1 Å². The zero-order chi connectivity index (χ0) is 16.2. The lowest BCUT2D eigenvalue weighted by Crippen LogP contribution is -2.52. The highest BCUT2D eigenvalue weighted by molar-refractivity contribution is 9.10. The number of hydrogen-bond acceptors (Lipinski definition) is 4. The van der Waals surface area contributed by atoms with E-state index in [1.54, 1.807) is 14.0 Å². The molecule has 0 saturated carbocycles. The molecule has 0 aromatic heterocycles. The first kappa shape index (κ1) is 23.6. The van der Waals surface area contributed by atoms with Gasteiger partial charge in [-0.25, -0.2) is 0 Å². The van der Waals surface area contributed by atoms with Gasteiger partial charge in [0.25, 0.3) is 0 Å². The molecular formula is C16H26BrCl2N3O2. The van der Waals surface area contributed by atoms with Crippen molar-refractivity contribution in [1.82, 2.24) is 10.2 Å². The summed E-state index contributed by atoms with van der Waals surface area (Å²) in [5.41, 5.74) is 6.04. The molecule has 1 aliphatic rings. The van der Waals surface area contributed by atoms with Crippen molar-refractivity contribution in [3.05, 3.63) is 34.3 Å². The van der Waals surface area contributed by atoms with Gasteiger partial charge in [0.1, 0.15) is 5.54 Å². The number of ether oxygens (including phenoxy) is 1. The van der Waals surface area contributed by atoms with Crippen LogP contribution in [0.1, 0.15) is 18.9 Å². The van der Waals surface area contributed by atoms with Crippen molar-refractivity contribution in [3.8, 4) is 0 Å². The number of halogens is 3. The van der Waals surface area contributed by atoms with Crippen LogP contribution in [0, 0.1) is 0 Å². The number of carbonyl (C=O) groups excluding carboxylic acids is 1. The van der Waals surface area contributed by atoms with Gasteiger partial charge in [-0.2, -0.15) is 0 Å². The topological polar surface area (TPSA) is 67.6 Å². The molecule has 8 heteroatoms. The van der Waals surface area contributed by atoms with E-state index in [9.17, 15) is 4.79 Å². The molecule has 1 aliphatic heterocycles. The zero-order valence-electron chi connectivity index (χ0n) is 14.0. The van der Waals surface area contributed by atoms with Crippen molar-refractivity contribution in [2.45, 2.75) is 24.9 Å². The van der Waals surface area contributed by atoms with Gasteiger partial charge >= 0.3 is 0 Å². The second kappa shape index (κ2) is 10.6. The minimum absolute atomic E-state index is 0. The Morgan fingerprint density at radius 3 is 2.62 bits per heavy atom. The number of benzene rings is 1. The van der Waals surface area contributed by atoms with Gasteiger partial charge in [-0.05, 0) is 31.0 Å². The minimum Gasteiger partial charge on any atom is -0.383 e. The summed E-state index contributed by atoms with van der Waals surface area (Å²) >= 11 is 3.39. The van der Waals surface area contributed by atoms with Crippen LogP contribution in [0.2, 0.25) is 0 Å². The fourth-order valence-corrected chi connectivity index (χ4v) is 2.90. The van der Waals surface area contributed by atoms with Crippen LogP contribution < -0.4 is 11.1 Å². The summed E-state index contributed by atoms with van der Waals surface area (Å²) in [6.45, 7) is 5.20. The normalized spacial score (nSPS) is 19.8. The molecule has 5 nitrogen and oxygen atoms in total. The number of nitrogens with two attached hydrogens (primary N) is 1. The molecule has 138 valence electrons. The highest BCUT2D eigenvalue weighted by atomic mass is 79.9. The molecule has 1 aromatic carbocycles. The SMILES string of the molecule is COCCN1CCC(NC(=O)C(C)(N)c2ccc(Br)cc2)C1.Cl.Cl. The Morgan fingerprint density at radius 2 is 2.04 bits per heavy atom. The Bertz CT molecular complexity index is 515. The number of methoxy groups -OCH3 is 1. The lowest BCUT2D eigenvalue weighted by atomic mass is 9.92. The van der Waals surface area contributed by atoms with Gasteiger partial charge in [-0.3, -0.25) is 9.69 Å². The Kier molecular flexibility index (Phi) is 10.4. The first-order chi connectivity index (χ1) is 10.4. The molecule has 1 fully saturated rings. The molecule has 1 amide bonds. The van der Waals surface area contributed by atoms with Crippen LogP contribution in [0.25, 0.3) is 0 Å². The Morgan fingerprint density at radius 1 is 1.42 bits per heavy atom. The molecule has 24 heavy (non-hydrogen) atoms. The maximum absolute atomic E-state index is 12.5. The van der Waals surface area contributed by atoms with Gasteiger partial charge in [-0.15, -0.1) is 24.8 Å². The second-order valence-corrected chi connectivity index (χ2v) is 6.88. The average Bonchev–Trinajstić information content (AvgIpc) is 2.93. The maximum atomic E-state index is 12.5. The third kappa shape index (κ3) is 6.17. The summed E-state index contributed by atoms with van der Waals surface area (Å²) in [4.78, 5) is 14.8. The number of rotatable bonds is 6. The summed E-state index contributed by atoms with van der Waals surface area (Å²) in [7, 11) is 1.70. The molecule has 0 bridgehead atoms. The van der Waals surface area contributed by atoms with Gasteiger partial charge in [0.05, 0.1) is 6.61 Å². The van der Waals surface area contributed by atoms with Gasteiger partial charge in [0.15, 0.2) is 0 Å². The fourth-order valence-electron chi connectivity index (χ4n) is 2.64. The van der Waals surface area contributed by atoms with Crippen molar-refractivity contribution in [2.24, 2.45) is 5.73 Å². The third-order valence-electron chi connectivity index (χ3n) is 4.13. The largest absolute Gasteiger partial charge is 0.383 e. The Balaban J connectivity index is 0.00000264. The molecule has 0 radical (unpaired) electrons. The number of likely N-dealkylation sites (tertiary alicyclic amines) is 1. The molecule has 0 aliphatic carbocycles. The van der Waals surface area contributed by atoms with Crippen molar-refractivity contribution in [3.63, 3.8) is 0 Å². The predicted molar refractivity (Wildman–Crippen MR) is 105 cm³/mol. The summed E-state index contributed by atoms with van der Waals surface area (Å²) in [6.07, 6.45) is 0.950. The quantitative estimate of drug-likeness (QED) is 0.709. The van der Waals surface area contributed by atoms with Crippen LogP contribution in [0.3, 0.4) is 0 Å². The van der Waals surface area contributed by atoms with Crippen molar-refractivity contribution in [2.75, 3.05) is 33.4 Å². The van der Waals surface area contributed by atoms with Crippen LogP contribution in [0.15, 0.2) is 28.7 Å². The smallest absolute Gasteiger partial charge is 0.244 e. The molecule has 0 spiro atoms. The summed E-state index contributed by atoms with van der Waals surface area (Å²) in [6, 6.07) is 7.71. The maximum Gasteiger partial charge on any atom is 0.244 e. The van der Waals surface area contributed by atoms with Crippen LogP contribution in [-0.2, 0) is 15.1 Å².